The van der Waals surface area contributed by atoms with Gasteiger partial charge in [-0.1, -0.05) is 0 Å². The first-order chi connectivity index (χ1) is 5.24. The molecule has 1 heterocycles. The van der Waals surface area contributed by atoms with Crippen LogP contribution in [0.3, 0.4) is 0 Å². The highest BCUT2D eigenvalue weighted by Crippen LogP contribution is 1.96. The first-order valence-corrected chi connectivity index (χ1v) is 3.00. The fraction of sp³-hybridized carbons (Fsp3) is 0.400. The highest BCUT2D eigenvalue weighted by molar-refractivity contribution is 5.82. The van der Waals surface area contributed by atoms with Crippen molar-refractivity contribution < 1.29 is 14.4 Å². The van der Waals surface area contributed by atoms with Crippen molar-refractivity contribution in [2.75, 3.05) is 6.54 Å². The van der Waals surface area contributed by atoms with Crippen LogP contribution in [0.25, 0.3) is 0 Å². The van der Waals surface area contributed by atoms with Gasteiger partial charge in [-0.15, -0.1) is 0 Å². The molecule has 0 atom stereocenters. The van der Waals surface area contributed by atoms with Gasteiger partial charge in [-0.25, -0.2) is 4.79 Å². The highest BCUT2D eigenvalue weighted by atomic mass is 16.5. The van der Waals surface area contributed by atoms with E-state index >= 15 is 0 Å². The Kier molecular flexibility index (Phi) is 2.17. The summed E-state index contributed by atoms with van der Waals surface area (Å²) in [6.45, 7) is 0.362. The molecule has 0 aromatic carbocycles. The van der Waals surface area contributed by atoms with E-state index in [2.05, 4.69) is 14.7 Å². The van der Waals surface area contributed by atoms with Gasteiger partial charge < -0.3 is 15.4 Å². The number of aromatic nitrogens is 2. The molecule has 0 unspecified atom stereocenters. The number of rotatable bonds is 3. The van der Waals surface area contributed by atoms with E-state index in [0.717, 1.165) is 0 Å². The van der Waals surface area contributed by atoms with Crippen LogP contribution < -0.4 is 5.73 Å². The van der Waals surface area contributed by atoms with Gasteiger partial charge in [-0.3, -0.25) is 0 Å². The van der Waals surface area contributed by atoms with Crippen LogP contribution in [0.4, 0.5) is 0 Å². The number of carboxylic acid groups (broad SMARTS) is 1. The van der Waals surface area contributed by atoms with E-state index in [1.54, 1.807) is 0 Å². The van der Waals surface area contributed by atoms with Gasteiger partial charge in [0.15, 0.2) is 0 Å². The Labute approximate surface area is 62.0 Å². The van der Waals surface area contributed by atoms with Crippen molar-refractivity contribution in [1.29, 1.82) is 0 Å². The summed E-state index contributed by atoms with van der Waals surface area (Å²) in [4.78, 5) is 13.7. The maximum absolute atomic E-state index is 10.2. The lowest BCUT2D eigenvalue weighted by molar-refractivity contribution is 0.0680. The number of carboxylic acids is 1. The van der Waals surface area contributed by atoms with Gasteiger partial charge in [-0.05, 0) is 5.16 Å². The summed E-state index contributed by atoms with van der Waals surface area (Å²) in [5, 5.41) is 11.5. The van der Waals surface area contributed by atoms with Crippen LogP contribution in [-0.4, -0.2) is 27.8 Å². The third kappa shape index (κ3) is 1.74. The second-order valence-electron chi connectivity index (χ2n) is 1.86. The molecular weight excluding hydrogens is 150 g/mol. The summed E-state index contributed by atoms with van der Waals surface area (Å²) in [6.07, 6.45) is 0.403. The topological polar surface area (TPSA) is 102 Å². The van der Waals surface area contributed by atoms with Crippen molar-refractivity contribution in [3.63, 3.8) is 0 Å². The number of nitrogens with zero attached hydrogens (tertiary/aromatic N) is 2. The monoisotopic (exact) mass is 157 g/mol. The Morgan fingerprint density at radius 1 is 1.73 bits per heavy atom. The van der Waals surface area contributed by atoms with Crippen molar-refractivity contribution in [2.45, 2.75) is 6.42 Å². The zero-order valence-corrected chi connectivity index (χ0v) is 5.65. The van der Waals surface area contributed by atoms with E-state index in [0.29, 0.717) is 13.0 Å². The SMILES string of the molecule is NCCc1nc(C(=O)O)no1. The van der Waals surface area contributed by atoms with Crippen LogP contribution in [0, 0.1) is 0 Å². The van der Waals surface area contributed by atoms with Crippen molar-refractivity contribution in [1.82, 2.24) is 10.1 Å². The smallest absolute Gasteiger partial charge is 0.377 e. The van der Waals surface area contributed by atoms with E-state index in [4.69, 9.17) is 10.8 Å². The average Bonchev–Trinajstić information content (AvgIpc) is 2.37. The first kappa shape index (κ1) is 7.67. The van der Waals surface area contributed by atoms with Gasteiger partial charge >= 0.3 is 5.97 Å². The molecule has 0 aliphatic heterocycles. The molecule has 11 heavy (non-hydrogen) atoms. The standard InChI is InChI=1S/C5H7N3O3/c6-2-1-3-7-4(5(9)10)8-11-3/h1-2,6H2,(H,9,10). The van der Waals surface area contributed by atoms with Crippen LogP contribution in [0.5, 0.6) is 0 Å². The van der Waals surface area contributed by atoms with Crippen LogP contribution in [-0.2, 0) is 6.42 Å². The quantitative estimate of drug-likeness (QED) is 0.599. The molecular formula is C5H7N3O3. The summed E-state index contributed by atoms with van der Waals surface area (Å²) in [5.41, 5.74) is 5.17. The third-order valence-electron chi connectivity index (χ3n) is 1.02. The molecule has 0 saturated carbocycles. The first-order valence-electron chi connectivity index (χ1n) is 3.00. The fourth-order valence-corrected chi connectivity index (χ4v) is 0.567. The molecule has 0 bridgehead atoms. The number of hydrogen-bond donors (Lipinski definition) is 2. The normalized spacial score (nSPS) is 9.91. The molecule has 0 saturated heterocycles. The largest absolute Gasteiger partial charge is 0.475 e. The van der Waals surface area contributed by atoms with Crippen LogP contribution in [0.2, 0.25) is 0 Å². The van der Waals surface area contributed by atoms with Crippen LogP contribution in [0.15, 0.2) is 4.52 Å². The zero-order chi connectivity index (χ0) is 8.27. The Morgan fingerprint density at radius 3 is 2.91 bits per heavy atom. The molecule has 1 aromatic rings. The molecule has 0 amide bonds. The van der Waals surface area contributed by atoms with E-state index in [1.165, 1.54) is 0 Å². The molecule has 0 radical (unpaired) electrons. The van der Waals surface area contributed by atoms with Crippen molar-refractivity contribution in [2.24, 2.45) is 5.73 Å². The van der Waals surface area contributed by atoms with E-state index in [1.807, 2.05) is 0 Å². The number of carbonyl (C=O) groups is 1. The minimum atomic E-state index is -1.20. The molecule has 0 aliphatic rings. The van der Waals surface area contributed by atoms with Crippen molar-refractivity contribution in [3.05, 3.63) is 11.7 Å². The summed E-state index contributed by atoms with van der Waals surface area (Å²) < 4.78 is 4.54. The lowest BCUT2D eigenvalue weighted by Crippen LogP contribution is -2.04. The van der Waals surface area contributed by atoms with Crippen molar-refractivity contribution >= 4 is 5.97 Å². The zero-order valence-electron chi connectivity index (χ0n) is 5.65. The Balaban J connectivity index is 2.73. The third-order valence-corrected chi connectivity index (χ3v) is 1.02. The van der Waals surface area contributed by atoms with Gasteiger partial charge in [0.25, 0.3) is 5.82 Å². The number of nitrogens with two attached hydrogens (primary N) is 1. The Morgan fingerprint density at radius 2 is 2.45 bits per heavy atom. The minimum Gasteiger partial charge on any atom is -0.475 e. The summed E-state index contributed by atoms with van der Waals surface area (Å²) >= 11 is 0. The fourth-order valence-electron chi connectivity index (χ4n) is 0.567. The van der Waals surface area contributed by atoms with Crippen molar-refractivity contribution in [3.8, 4) is 0 Å². The van der Waals surface area contributed by atoms with E-state index in [-0.39, 0.29) is 11.7 Å². The molecule has 0 spiro atoms. The number of aromatic carboxylic acids is 1. The summed E-state index contributed by atoms with van der Waals surface area (Å²) in [7, 11) is 0. The average molecular weight is 157 g/mol. The van der Waals surface area contributed by atoms with E-state index in [9.17, 15) is 4.79 Å². The maximum atomic E-state index is 10.2. The van der Waals surface area contributed by atoms with Gasteiger partial charge in [-0.2, -0.15) is 4.98 Å². The Bertz CT molecular complexity index is 257. The lowest BCUT2D eigenvalue weighted by Gasteiger charge is -1.83. The maximum Gasteiger partial charge on any atom is 0.377 e. The van der Waals surface area contributed by atoms with Crippen LogP contribution in [0.1, 0.15) is 16.5 Å². The molecule has 6 nitrogen and oxygen atoms in total. The molecule has 1 rings (SSSR count). The summed E-state index contributed by atoms with van der Waals surface area (Å²) in [5.74, 6) is -1.27. The molecule has 3 N–H and O–H groups in total. The predicted molar refractivity (Wildman–Crippen MR) is 34.0 cm³/mol. The van der Waals surface area contributed by atoms with E-state index < -0.39 is 5.97 Å². The Hall–Kier alpha value is -1.43. The second-order valence-corrected chi connectivity index (χ2v) is 1.86. The summed E-state index contributed by atoms with van der Waals surface area (Å²) in [6, 6.07) is 0. The van der Waals surface area contributed by atoms with Gasteiger partial charge in [0.05, 0.1) is 0 Å². The lowest BCUT2D eigenvalue weighted by atomic mass is 10.4. The minimum absolute atomic E-state index is 0.255. The molecule has 60 valence electrons. The molecule has 0 fully saturated rings. The van der Waals surface area contributed by atoms with Crippen LogP contribution >= 0.6 is 0 Å². The second kappa shape index (κ2) is 3.11. The predicted octanol–water partition coefficient (Wildman–Crippen LogP) is -0.731. The highest BCUT2D eigenvalue weighted by Gasteiger charge is 2.11. The van der Waals surface area contributed by atoms with Gasteiger partial charge in [0, 0.05) is 13.0 Å². The number of hydrogen-bond acceptors (Lipinski definition) is 5. The van der Waals surface area contributed by atoms with Gasteiger partial charge in [0.2, 0.25) is 5.89 Å². The molecule has 6 heteroatoms. The molecule has 0 aliphatic carbocycles. The molecule has 1 aromatic heterocycles. The van der Waals surface area contributed by atoms with Gasteiger partial charge in [0.1, 0.15) is 0 Å².